The molecular weight excluding hydrogens is 188 g/mol. The van der Waals surface area contributed by atoms with Gasteiger partial charge in [-0.15, -0.1) is 0 Å². The van der Waals surface area contributed by atoms with Gasteiger partial charge < -0.3 is 9.88 Å². The van der Waals surface area contributed by atoms with Crippen molar-refractivity contribution in [3.63, 3.8) is 0 Å². The maximum absolute atomic E-state index is 4.30. The van der Waals surface area contributed by atoms with Crippen molar-refractivity contribution < 1.29 is 0 Å². The van der Waals surface area contributed by atoms with Gasteiger partial charge in [0.2, 0.25) is 5.95 Å². The van der Waals surface area contributed by atoms with Crippen molar-refractivity contribution in [3.8, 4) is 0 Å². The topological polar surface area (TPSA) is 33.1 Å². The highest BCUT2D eigenvalue weighted by atomic mass is 15.3. The maximum Gasteiger partial charge on any atom is 0.202 e. The number of anilines is 1. The van der Waals surface area contributed by atoms with Gasteiger partial charge in [-0.25, -0.2) is 4.98 Å². The van der Waals surface area contributed by atoms with E-state index in [4.69, 9.17) is 0 Å². The van der Waals surface area contributed by atoms with Gasteiger partial charge in [0.15, 0.2) is 0 Å². The molecule has 1 saturated carbocycles. The average Bonchev–Trinajstić information content (AvgIpc) is 2.83. The first-order valence-electron chi connectivity index (χ1n) is 5.83. The lowest BCUT2D eigenvalue weighted by atomic mass is 10.2. The van der Waals surface area contributed by atoms with Gasteiger partial charge in [-0.05, 0) is 19.3 Å². The fourth-order valence-corrected chi connectivity index (χ4v) is 2.57. The Hall–Kier alpha value is -1.03. The molecule has 1 aromatic heterocycles. The van der Waals surface area contributed by atoms with Crippen molar-refractivity contribution in [3.05, 3.63) is 12.4 Å². The molecule has 0 amide bonds. The van der Waals surface area contributed by atoms with Crippen LogP contribution in [0.2, 0.25) is 0 Å². The summed E-state index contributed by atoms with van der Waals surface area (Å²) in [4.78, 5) is 6.93. The van der Waals surface area contributed by atoms with Crippen LogP contribution in [0.25, 0.3) is 0 Å². The molecule has 0 aromatic carbocycles. The van der Waals surface area contributed by atoms with Crippen molar-refractivity contribution in [1.82, 2.24) is 14.5 Å². The summed E-state index contributed by atoms with van der Waals surface area (Å²) >= 11 is 0. The molecule has 3 rings (SSSR count). The van der Waals surface area contributed by atoms with Crippen molar-refractivity contribution in [1.29, 1.82) is 0 Å². The van der Waals surface area contributed by atoms with E-state index in [1.165, 1.54) is 32.4 Å². The molecule has 0 bridgehead atoms. The fourth-order valence-electron chi connectivity index (χ4n) is 2.57. The number of imidazole rings is 1. The predicted octanol–water partition coefficient (Wildman–Crippen LogP) is 1.33. The van der Waals surface area contributed by atoms with Crippen LogP contribution in [-0.2, 0) is 0 Å². The maximum atomic E-state index is 4.30. The van der Waals surface area contributed by atoms with Crippen molar-refractivity contribution >= 4 is 5.95 Å². The van der Waals surface area contributed by atoms with E-state index >= 15 is 0 Å². The third-order valence-corrected chi connectivity index (χ3v) is 3.54. The van der Waals surface area contributed by atoms with Gasteiger partial charge in [-0.1, -0.05) is 0 Å². The molecule has 4 nitrogen and oxygen atoms in total. The zero-order valence-corrected chi connectivity index (χ0v) is 9.19. The first kappa shape index (κ1) is 9.21. The molecule has 4 heteroatoms. The Kier molecular flexibility index (Phi) is 2.16. The first-order chi connectivity index (χ1) is 7.38. The minimum atomic E-state index is 0.621. The minimum absolute atomic E-state index is 0.621. The molecule has 2 aliphatic rings. The molecule has 1 saturated heterocycles. The second kappa shape index (κ2) is 3.52. The fraction of sp³-hybridized carbons (Fsp3) is 0.727. The van der Waals surface area contributed by atoms with Gasteiger partial charge in [0.25, 0.3) is 0 Å². The summed E-state index contributed by atoms with van der Waals surface area (Å²) < 4.78 is 2.28. The normalized spacial score (nSPS) is 27.1. The number of hydrogen-bond donors (Lipinski definition) is 1. The van der Waals surface area contributed by atoms with E-state index in [-0.39, 0.29) is 0 Å². The van der Waals surface area contributed by atoms with E-state index in [1.807, 2.05) is 13.2 Å². The van der Waals surface area contributed by atoms with Crippen LogP contribution in [0.15, 0.2) is 12.4 Å². The summed E-state index contributed by atoms with van der Waals surface area (Å²) in [6.45, 7) is 2.46. The SMILES string of the molecule is CNc1nccn1C1CCN(C2CC2)C1. The van der Waals surface area contributed by atoms with Gasteiger partial charge in [-0.3, -0.25) is 4.90 Å². The number of aromatic nitrogens is 2. The quantitative estimate of drug-likeness (QED) is 0.810. The lowest BCUT2D eigenvalue weighted by molar-refractivity contribution is 0.314. The molecule has 2 heterocycles. The molecule has 1 aromatic rings. The average molecular weight is 206 g/mol. The molecule has 1 aliphatic carbocycles. The van der Waals surface area contributed by atoms with Crippen molar-refractivity contribution in [2.24, 2.45) is 0 Å². The summed E-state index contributed by atoms with van der Waals surface area (Å²) in [5.41, 5.74) is 0. The Bertz CT molecular complexity index is 342. The largest absolute Gasteiger partial charge is 0.359 e. The van der Waals surface area contributed by atoms with Crippen LogP contribution in [-0.4, -0.2) is 40.6 Å². The Morgan fingerprint density at radius 3 is 2.93 bits per heavy atom. The molecule has 15 heavy (non-hydrogen) atoms. The summed E-state index contributed by atoms with van der Waals surface area (Å²) in [6.07, 6.45) is 8.06. The molecular formula is C11H18N4. The molecule has 0 spiro atoms. The van der Waals surface area contributed by atoms with Gasteiger partial charge in [0.05, 0.1) is 6.04 Å². The van der Waals surface area contributed by atoms with Crippen molar-refractivity contribution in [2.75, 3.05) is 25.5 Å². The van der Waals surface area contributed by atoms with E-state index in [9.17, 15) is 0 Å². The van der Waals surface area contributed by atoms with E-state index in [2.05, 4.69) is 26.0 Å². The van der Waals surface area contributed by atoms with Crippen molar-refractivity contribution in [2.45, 2.75) is 31.3 Å². The predicted molar refractivity (Wildman–Crippen MR) is 60.0 cm³/mol. The van der Waals surface area contributed by atoms with Gasteiger partial charge in [-0.2, -0.15) is 0 Å². The summed E-state index contributed by atoms with van der Waals surface area (Å²) in [6, 6.07) is 1.52. The Labute approximate surface area is 90.3 Å². The van der Waals surface area contributed by atoms with Crippen LogP contribution >= 0.6 is 0 Å². The highest BCUT2D eigenvalue weighted by Crippen LogP contribution is 2.34. The van der Waals surface area contributed by atoms with Crippen LogP contribution in [0.4, 0.5) is 5.95 Å². The first-order valence-corrected chi connectivity index (χ1v) is 5.83. The molecule has 1 aliphatic heterocycles. The number of nitrogens with zero attached hydrogens (tertiary/aromatic N) is 3. The van der Waals surface area contributed by atoms with E-state index in [0.29, 0.717) is 6.04 Å². The van der Waals surface area contributed by atoms with Gasteiger partial charge in [0, 0.05) is 38.6 Å². The molecule has 1 atom stereocenters. The van der Waals surface area contributed by atoms with Crippen LogP contribution < -0.4 is 5.32 Å². The molecule has 2 fully saturated rings. The second-order valence-corrected chi connectivity index (χ2v) is 4.58. The third kappa shape index (κ3) is 1.63. The standard InChI is InChI=1S/C11H18N4/c1-12-11-13-5-7-15(11)10-4-6-14(8-10)9-2-3-9/h5,7,9-10H,2-4,6,8H2,1H3,(H,12,13). The van der Waals surface area contributed by atoms with E-state index in [1.54, 1.807) is 0 Å². The highest BCUT2D eigenvalue weighted by molar-refractivity contribution is 5.25. The second-order valence-electron chi connectivity index (χ2n) is 4.58. The van der Waals surface area contributed by atoms with Crippen LogP contribution in [0, 0.1) is 0 Å². The lowest BCUT2D eigenvalue weighted by Crippen LogP contribution is -2.23. The number of nitrogens with one attached hydrogen (secondary N) is 1. The third-order valence-electron chi connectivity index (χ3n) is 3.54. The van der Waals surface area contributed by atoms with Gasteiger partial charge >= 0.3 is 0 Å². The van der Waals surface area contributed by atoms with E-state index < -0.39 is 0 Å². The Morgan fingerprint density at radius 2 is 2.20 bits per heavy atom. The zero-order valence-electron chi connectivity index (χ0n) is 9.19. The molecule has 82 valence electrons. The van der Waals surface area contributed by atoms with Crippen LogP contribution in [0.3, 0.4) is 0 Å². The van der Waals surface area contributed by atoms with E-state index in [0.717, 1.165) is 12.0 Å². The Balaban J connectivity index is 1.72. The number of hydrogen-bond acceptors (Lipinski definition) is 3. The lowest BCUT2D eigenvalue weighted by Gasteiger charge is -2.17. The summed E-state index contributed by atoms with van der Waals surface area (Å²) in [7, 11) is 1.94. The number of likely N-dealkylation sites (tertiary alicyclic amines) is 1. The monoisotopic (exact) mass is 206 g/mol. The summed E-state index contributed by atoms with van der Waals surface area (Å²) in [5, 5.41) is 3.15. The van der Waals surface area contributed by atoms with Crippen LogP contribution in [0.5, 0.6) is 0 Å². The van der Waals surface area contributed by atoms with Gasteiger partial charge in [0.1, 0.15) is 0 Å². The smallest absolute Gasteiger partial charge is 0.202 e. The minimum Gasteiger partial charge on any atom is -0.359 e. The molecule has 0 radical (unpaired) electrons. The number of rotatable bonds is 3. The summed E-state index contributed by atoms with van der Waals surface area (Å²) in [5.74, 6) is 0.998. The zero-order chi connectivity index (χ0) is 10.3. The Morgan fingerprint density at radius 1 is 1.33 bits per heavy atom. The van der Waals surface area contributed by atoms with Crippen LogP contribution in [0.1, 0.15) is 25.3 Å². The highest BCUT2D eigenvalue weighted by Gasteiger charge is 2.35. The molecule has 1 unspecified atom stereocenters. The molecule has 1 N–H and O–H groups in total.